The third kappa shape index (κ3) is 5.19. The molecule has 0 aliphatic rings. The van der Waals surface area contributed by atoms with E-state index in [1.165, 1.54) is 11.3 Å². The van der Waals surface area contributed by atoms with E-state index >= 15 is 0 Å². The van der Waals surface area contributed by atoms with E-state index < -0.39 is 0 Å². The lowest BCUT2D eigenvalue weighted by molar-refractivity contribution is -0.121. The smallest absolute Gasteiger partial charge is 0.264 e. The van der Waals surface area contributed by atoms with Crippen LogP contribution in [-0.2, 0) is 4.79 Å². The number of hydrogen-bond acceptors (Lipinski definition) is 5. The van der Waals surface area contributed by atoms with Crippen molar-refractivity contribution in [2.75, 3.05) is 11.9 Å². The van der Waals surface area contributed by atoms with Crippen molar-refractivity contribution in [3.05, 3.63) is 52.5 Å². The monoisotopic (exact) mass is 433 g/mol. The van der Waals surface area contributed by atoms with Crippen molar-refractivity contribution in [3.63, 3.8) is 0 Å². The number of anilines is 1. The van der Waals surface area contributed by atoms with Crippen LogP contribution >= 0.6 is 35.2 Å². The van der Waals surface area contributed by atoms with Crippen LogP contribution in [-0.4, -0.2) is 22.6 Å². The molecule has 8 heteroatoms. The standard InChI is InChI=1S/C20H20ClN3O2S2/c1-11(2)14-6-4-12(3)8-16(14)26-10-18(25)23-19(27)24-20-22-15-7-5-13(21)9-17(15)28-20/h4-9,11H,10H2,1-3H3,(H2,22,23,24,25,27). The van der Waals surface area contributed by atoms with Crippen molar-refractivity contribution in [2.24, 2.45) is 0 Å². The summed E-state index contributed by atoms with van der Waals surface area (Å²) in [5.41, 5.74) is 2.95. The minimum Gasteiger partial charge on any atom is -0.483 e. The lowest BCUT2D eigenvalue weighted by Gasteiger charge is -2.15. The second-order valence-corrected chi connectivity index (χ2v) is 8.49. The third-order valence-electron chi connectivity index (χ3n) is 3.97. The minimum atomic E-state index is -0.335. The van der Waals surface area contributed by atoms with Gasteiger partial charge >= 0.3 is 0 Å². The molecule has 0 bridgehead atoms. The molecular formula is C20H20ClN3O2S2. The number of carbonyl (C=O) groups is 1. The molecule has 1 amide bonds. The number of amides is 1. The maximum absolute atomic E-state index is 12.2. The zero-order valence-corrected chi connectivity index (χ0v) is 18.1. The van der Waals surface area contributed by atoms with Gasteiger partial charge < -0.3 is 10.1 Å². The first-order chi connectivity index (χ1) is 13.3. The van der Waals surface area contributed by atoms with E-state index in [0.717, 1.165) is 21.3 Å². The number of rotatable bonds is 5. The molecule has 5 nitrogen and oxygen atoms in total. The van der Waals surface area contributed by atoms with Gasteiger partial charge in [-0.05, 0) is 60.5 Å². The van der Waals surface area contributed by atoms with Crippen LogP contribution in [0.25, 0.3) is 10.2 Å². The summed E-state index contributed by atoms with van der Waals surface area (Å²) in [6.45, 7) is 6.03. The summed E-state index contributed by atoms with van der Waals surface area (Å²) < 4.78 is 6.66. The fraction of sp³-hybridized carbons (Fsp3) is 0.250. The van der Waals surface area contributed by atoms with Gasteiger partial charge in [0.25, 0.3) is 5.91 Å². The Bertz CT molecular complexity index is 1030. The van der Waals surface area contributed by atoms with Gasteiger partial charge in [-0.1, -0.05) is 48.9 Å². The Hall–Kier alpha value is -2.22. The normalized spacial score (nSPS) is 10.9. The second kappa shape index (κ2) is 8.86. The van der Waals surface area contributed by atoms with E-state index in [-0.39, 0.29) is 17.6 Å². The van der Waals surface area contributed by atoms with Crippen LogP contribution in [0.1, 0.15) is 30.9 Å². The van der Waals surface area contributed by atoms with Crippen LogP contribution in [0.15, 0.2) is 36.4 Å². The number of fused-ring (bicyclic) bond motifs is 1. The number of thiocarbonyl (C=S) groups is 1. The number of thiazole rings is 1. The Morgan fingerprint density at radius 1 is 1.29 bits per heavy atom. The van der Waals surface area contributed by atoms with Crippen LogP contribution in [0, 0.1) is 6.92 Å². The predicted octanol–water partition coefficient (Wildman–Crippen LogP) is 5.27. The Balaban J connectivity index is 1.57. The van der Waals surface area contributed by atoms with E-state index in [2.05, 4.69) is 29.5 Å². The van der Waals surface area contributed by atoms with Gasteiger partial charge in [0, 0.05) is 5.02 Å². The van der Waals surface area contributed by atoms with Crippen molar-refractivity contribution in [2.45, 2.75) is 26.7 Å². The molecule has 0 radical (unpaired) electrons. The van der Waals surface area contributed by atoms with Crippen LogP contribution < -0.4 is 15.4 Å². The number of ether oxygens (including phenoxy) is 1. The van der Waals surface area contributed by atoms with Crippen molar-refractivity contribution < 1.29 is 9.53 Å². The average Bonchev–Trinajstić information content (AvgIpc) is 3.00. The summed E-state index contributed by atoms with van der Waals surface area (Å²) in [5.74, 6) is 0.680. The summed E-state index contributed by atoms with van der Waals surface area (Å²) in [5, 5.41) is 6.95. The van der Waals surface area contributed by atoms with Gasteiger partial charge in [-0.3, -0.25) is 10.1 Å². The Kier molecular flexibility index (Phi) is 6.49. The number of carbonyl (C=O) groups excluding carboxylic acids is 1. The molecule has 28 heavy (non-hydrogen) atoms. The van der Waals surface area contributed by atoms with E-state index in [0.29, 0.717) is 21.8 Å². The van der Waals surface area contributed by atoms with E-state index in [9.17, 15) is 4.79 Å². The van der Waals surface area contributed by atoms with Gasteiger partial charge in [0.1, 0.15) is 5.75 Å². The first kappa shape index (κ1) is 20.5. The number of aromatic nitrogens is 1. The molecule has 0 saturated heterocycles. The van der Waals surface area contributed by atoms with Gasteiger partial charge in [-0.25, -0.2) is 4.98 Å². The van der Waals surface area contributed by atoms with Crippen LogP contribution in [0.3, 0.4) is 0 Å². The van der Waals surface area contributed by atoms with Crippen molar-refractivity contribution >= 4 is 61.5 Å². The van der Waals surface area contributed by atoms with Gasteiger partial charge in [0.05, 0.1) is 10.2 Å². The summed E-state index contributed by atoms with van der Waals surface area (Å²) in [6, 6.07) is 11.4. The quantitative estimate of drug-likeness (QED) is 0.536. The number of hydrogen-bond donors (Lipinski definition) is 2. The lowest BCUT2D eigenvalue weighted by atomic mass is 10.0. The molecule has 0 fully saturated rings. The molecule has 0 unspecified atom stereocenters. The van der Waals surface area contributed by atoms with Crippen molar-refractivity contribution in [3.8, 4) is 5.75 Å². The SMILES string of the molecule is Cc1ccc(C(C)C)c(OCC(=O)NC(=S)Nc2nc3ccc(Cl)cc3s2)c1. The average molecular weight is 434 g/mol. The highest BCUT2D eigenvalue weighted by Crippen LogP contribution is 2.28. The highest BCUT2D eigenvalue weighted by atomic mass is 35.5. The molecule has 146 valence electrons. The van der Waals surface area contributed by atoms with Crippen LogP contribution in [0.5, 0.6) is 5.75 Å². The van der Waals surface area contributed by atoms with Crippen LogP contribution in [0.2, 0.25) is 5.02 Å². The van der Waals surface area contributed by atoms with Crippen LogP contribution in [0.4, 0.5) is 5.13 Å². The Morgan fingerprint density at radius 2 is 2.07 bits per heavy atom. The molecule has 1 heterocycles. The maximum Gasteiger partial charge on any atom is 0.264 e. The van der Waals surface area contributed by atoms with E-state index in [1.807, 2.05) is 37.3 Å². The number of benzene rings is 2. The topological polar surface area (TPSA) is 63.2 Å². The molecule has 1 aromatic heterocycles. The molecule has 0 aliphatic heterocycles. The predicted molar refractivity (Wildman–Crippen MR) is 120 cm³/mol. The van der Waals surface area contributed by atoms with Gasteiger partial charge in [0.2, 0.25) is 0 Å². The molecule has 0 saturated carbocycles. The number of nitrogens with one attached hydrogen (secondary N) is 2. The van der Waals surface area contributed by atoms with E-state index in [4.69, 9.17) is 28.6 Å². The number of aryl methyl sites for hydroxylation is 1. The minimum absolute atomic E-state index is 0.125. The zero-order valence-electron chi connectivity index (χ0n) is 15.7. The summed E-state index contributed by atoms with van der Waals surface area (Å²) >= 11 is 12.6. The Morgan fingerprint density at radius 3 is 2.82 bits per heavy atom. The number of nitrogens with zero attached hydrogens (tertiary/aromatic N) is 1. The Labute approximate surface area is 178 Å². The second-order valence-electron chi connectivity index (χ2n) is 6.62. The van der Waals surface area contributed by atoms with Crippen molar-refractivity contribution in [1.82, 2.24) is 10.3 Å². The molecular weight excluding hydrogens is 414 g/mol. The molecule has 3 rings (SSSR count). The molecule has 0 spiro atoms. The lowest BCUT2D eigenvalue weighted by Crippen LogP contribution is -2.37. The first-order valence-corrected chi connectivity index (χ1v) is 10.3. The summed E-state index contributed by atoms with van der Waals surface area (Å²) in [7, 11) is 0. The number of halogens is 1. The molecule has 2 N–H and O–H groups in total. The highest BCUT2D eigenvalue weighted by molar-refractivity contribution is 7.80. The third-order valence-corrected chi connectivity index (χ3v) is 5.35. The zero-order chi connectivity index (χ0) is 20.3. The molecule has 0 aliphatic carbocycles. The van der Waals surface area contributed by atoms with E-state index in [1.54, 1.807) is 6.07 Å². The summed E-state index contributed by atoms with van der Waals surface area (Å²) in [6.07, 6.45) is 0. The summed E-state index contributed by atoms with van der Waals surface area (Å²) in [4.78, 5) is 16.6. The van der Waals surface area contributed by atoms with Crippen molar-refractivity contribution in [1.29, 1.82) is 0 Å². The molecule has 2 aromatic carbocycles. The first-order valence-electron chi connectivity index (χ1n) is 8.72. The van der Waals surface area contributed by atoms with Gasteiger partial charge in [-0.15, -0.1) is 0 Å². The fourth-order valence-corrected chi connectivity index (χ4v) is 4.05. The highest BCUT2D eigenvalue weighted by Gasteiger charge is 2.12. The van der Waals surface area contributed by atoms with Gasteiger partial charge in [0.15, 0.2) is 16.9 Å². The molecule has 3 aromatic rings. The fourth-order valence-electron chi connectivity index (χ4n) is 2.63. The van der Waals surface area contributed by atoms with Gasteiger partial charge in [-0.2, -0.15) is 0 Å². The maximum atomic E-state index is 12.2. The largest absolute Gasteiger partial charge is 0.483 e. The molecule has 0 atom stereocenters.